The number of para-hydroxylation sites is 1. The molecule has 2 rings (SSSR count). The van der Waals surface area contributed by atoms with Crippen molar-refractivity contribution in [3.63, 3.8) is 0 Å². The molecule has 1 saturated carbocycles. The van der Waals surface area contributed by atoms with E-state index in [1.54, 1.807) is 0 Å². The fourth-order valence-corrected chi connectivity index (χ4v) is 2.54. The van der Waals surface area contributed by atoms with Crippen molar-refractivity contribution in [1.82, 2.24) is 5.32 Å². The van der Waals surface area contributed by atoms with Crippen LogP contribution in [-0.4, -0.2) is 43.6 Å². The zero-order valence-electron chi connectivity index (χ0n) is 12.9. The summed E-state index contributed by atoms with van der Waals surface area (Å²) in [5.74, 6) is 1.41. The minimum Gasteiger partial charge on any atom is -0.491 e. The van der Waals surface area contributed by atoms with E-state index in [9.17, 15) is 5.11 Å². The van der Waals surface area contributed by atoms with E-state index in [1.165, 1.54) is 12.8 Å². The Balaban J connectivity index is 1.69. The van der Waals surface area contributed by atoms with Gasteiger partial charge in [-0.05, 0) is 43.9 Å². The van der Waals surface area contributed by atoms with Gasteiger partial charge in [-0.1, -0.05) is 25.1 Å². The van der Waals surface area contributed by atoms with Crippen molar-refractivity contribution in [2.45, 2.75) is 31.7 Å². The number of benzene rings is 1. The van der Waals surface area contributed by atoms with E-state index in [4.69, 9.17) is 9.47 Å². The summed E-state index contributed by atoms with van der Waals surface area (Å²) < 4.78 is 11.4. The molecule has 1 aromatic carbocycles. The summed E-state index contributed by atoms with van der Waals surface area (Å²) in [6, 6.07) is 9.74. The third kappa shape index (κ3) is 4.99. The van der Waals surface area contributed by atoms with E-state index >= 15 is 0 Å². The van der Waals surface area contributed by atoms with Crippen molar-refractivity contribution in [3.8, 4) is 5.75 Å². The number of hydrogen-bond donors (Lipinski definition) is 2. The van der Waals surface area contributed by atoms with Gasteiger partial charge >= 0.3 is 0 Å². The normalized spacial score (nSPS) is 17.4. The Morgan fingerprint density at radius 3 is 2.62 bits per heavy atom. The quantitative estimate of drug-likeness (QED) is 0.614. The Labute approximate surface area is 127 Å². The second kappa shape index (κ2) is 8.37. The molecule has 1 unspecified atom stereocenters. The maximum absolute atomic E-state index is 9.77. The van der Waals surface area contributed by atoms with Crippen LogP contribution in [0.3, 0.4) is 0 Å². The number of aliphatic hydroxyl groups is 1. The molecule has 118 valence electrons. The first-order valence-corrected chi connectivity index (χ1v) is 7.92. The molecule has 0 bridgehead atoms. The zero-order chi connectivity index (χ0) is 15.0. The van der Waals surface area contributed by atoms with E-state index in [2.05, 4.69) is 12.2 Å². The molecule has 0 heterocycles. The van der Waals surface area contributed by atoms with Crippen molar-refractivity contribution in [2.24, 2.45) is 5.92 Å². The fraction of sp³-hybridized carbons (Fsp3) is 0.647. The fourth-order valence-electron chi connectivity index (χ4n) is 2.54. The van der Waals surface area contributed by atoms with E-state index in [0.717, 1.165) is 18.7 Å². The topological polar surface area (TPSA) is 50.7 Å². The third-order valence-electron chi connectivity index (χ3n) is 3.97. The summed E-state index contributed by atoms with van der Waals surface area (Å²) in [4.78, 5) is 0. The van der Waals surface area contributed by atoms with E-state index in [0.29, 0.717) is 25.7 Å². The molecule has 4 heteroatoms. The largest absolute Gasteiger partial charge is 0.491 e. The standard InChI is InChI=1S/C17H27NO3/c1-2-10-18-17(13-19,15-8-9-15)14-20-11-12-21-16-6-4-3-5-7-16/h3-7,15,18-19H,2,8-14H2,1H3. The molecular formula is C17H27NO3. The van der Waals surface area contributed by atoms with Crippen LogP contribution in [0.25, 0.3) is 0 Å². The van der Waals surface area contributed by atoms with Gasteiger partial charge in [0.1, 0.15) is 12.4 Å². The molecule has 0 aromatic heterocycles. The lowest BCUT2D eigenvalue weighted by Gasteiger charge is -2.33. The molecule has 1 aliphatic rings. The second-order valence-electron chi connectivity index (χ2n) is 5.73. The SMILES string of the molecule is CCCNC(CO)(COCCOc1ccccc1)C1CC1. The maximum Gasteiger partial charge on any atom is 0.119 e. The van der Waals surface area contributed by atoms with Crippen molar-refractivity contribution < 1.29 is 14.6 Å². The van der Waals surface area contributed by atoms with E-state index < -0.39 is 0 Å². The van der Waals surface area contributed by atoms with Gasteiger partial charge in [-0.3, -0.25) is 0 Å². The summed E-state index contributed by atoms with van der Waals surface area (Å²) in [5, 5.41) is 13.3. The summed E-state index contributed by atoms with van der Waals surface area (Å²) in [7, 11) is 0. The molecule has 4 nitrogen and oxygen atoms in total. The van der Waals surface area contributed by atoms with Gasteiger partial charge in [0.2, 0.25) is 0 Å². The minimum atomic E-state index is -0.261. The summed E-state index contributed by atoms with van der Waals surface area (Å²) in [6.07, 6.45) is 3.42. The molecule has 1 aromatic rings. The first kappa shape index (κ1) is 16.3. The van der Waals surface area contributed by atoms with Gasteiger partial charge in [0.15, 0.2) is 0 Å². The Hall–Kier alpha value is -1.10. The summed E-state index contributed by atoms with van der Waals surface area (Å²) >= 11 is 0. The number of hydrogen-bond acceptors (Lipinski definition) is 4. The summed E-state index contributed by atoms with van der Waals surface area (Å²) in [5.41, 5.74) is -0.261. The monoisotopic (exact) mass is 293 g/mol. The van der Waals surface area contributed by atoms with Gasteiger partial charge in [0.05, 0.1) is 25.4 Å². The Morgan fingerprint density at radius 2 is 2.00 bits per heavy atom. The van der Waals surface area contributed by atoms with Crippen molar-refractivity contribution >= 4 is 0 Å². The molecule has 1 fully saturated rings. The lowest BCUT2D eigenvalue weighted by atomic mass is 9.95. The number of ether oxygens (including phenoxy) is 2. The van der Waals surface area contributed by atoms with E-state index in [-0.39, 0.29) is 12.1 Å². The first-order valence-electron chi connectivity index (χ1n) is 7.92. The van der Waals surface area contributed by atoms with Crippen LogP contribution in [0, 0.1) is 5.92 Å². The first-order chi connectivity index (χ1) is 10.3. The van der Waals surface area contributed by atoms with Crippen molar-refractivity contribution in [2.75, 3.05) is 33.0 Å². The Kier molecular flexibility index (Phi) is 6.49. The Bertz CT molecular complexity index is 394. The average Bonchev–Trinajstić information content (AvgIpc) is 3.37. The zero-order valence-corrected chi connectivity index (χ0v) is 12.9. The third-order valence-corrected chi connectivity index (χ3v) is 3.97. The van der Waals surface area contributed by atoms with Crippen LogP contribution in [0.5, 0.6) is 5.75 Å². The highest BCUT2D eigenvalue weighted by molar-refractivity contribution is 5.20. The number of nitrogens with one attached hydrogen (secondary N) is 1. The predicted octanol–water partition coefficient (Wildman–Crippen LogP) is 2.22. The summed E-state index contributed by atoms with van der Waals surface area (Å²) in [6.45, 7) is 4.81. The molecule has 21 heavy (non-hydrogen) atoms. The van der Waals surface area contributed by atoms with Crippen LogP contribution in [0.2, 0.25) is 0 Å². The van der Waals surface area contributed by atoms with Gasteiger partial charge < -0.3 is 19.9 Å². The molecule has 0 aliphatic heterocycles. The van der Waals surface area contributed by atoms with Gasteiger partial charge in [-0.2, -0.15) is 0 Å². The molecule has 0 amide bonds. The maximum atomic E-state index is 9.77. The molecule has 1 atom stereocenters. The molecule has 0 radical (unpaired) electrons. The molecule has 2 N–H and O–H groups in total. The van der Waals surface area contributed by atoms with Crippen molar-refractivity contribution in [3.05, 3.63) is 30.3 Å². The molecular weight excluding hydrogens is 266 g/mol. The lowest BCUT2D eigenvalue weighted by molar-refractivity contribution is 0.0135. The lowest BCUT2D eigenvalue weighted by Crippen LogP contribution is -2.54. The van der Waals surface area contributed by atoms with Crippen LogP contribution in [-0.2, 0) is 4.74 Å². The minimum absolute atomic E-state index is 0.136. The van der Waals surface area contributed by atoms with Gasteiger partial charge in [0, 0.05) is 0 Å². The molecule has 1 aliphatic carbocycles. The van der Waals surface area contributed by atoms with Crippen molar-refractivity contribution in [1.29, 1.82) is 0 Å². The van der Waals surface area contributed by atoms with E-state index in [1.807, 2.05) is 30.3 Å². The second-order valence-corrected chi connectivity index (χ2v) is 5.73. The average molecular weight is 293 g/mol. The highest BCUT2D eigenvalue weighted by Gasteiger charge is 2.44. The highest BCUT2D eigenvalue weighted by Crippen LogP contribution is 2.39. The van der Waals surface area contributed by atoms with Crippen LogP contribution < -0.4 is 10.1 Å². The van der Waals surface area contributed by atoms with Gasteiger partial charge in [-0.25, -0.2) is 0 Å². The predicted molar refractivity (Wildman–Crippen MR) is 83.6 cm³/mol. The van der Waals surface area contributed by atoms with Gasteiger partial charge in [0.25, 0.3) is 0 Å². The molecule has 0 spiro atoms. The van der Waals surface area contributed by atoms with Crippen LogP contribution in [0.4, 0.5) is 0 Å². The number of rotatable bonds is 11. The van der Waals surface area contributed by atoms with Gasteiger partial charge in [-0.15, -0.1) is 0 Å². The van der Waals surface area contributed by atoms with Crippen LogP contribution in [0.1, 0.15) is 26.2 Å². The molecule has 0 saturated heterocycles. The number of aliphatic hydroxyl groups excluding tert-OH is 1. The van der Waals surface area contributed by atoms with Crippen LogP contribution in [0.15, 0.2) is 30.3 Å². The Morgan fingerprint density at radius 1 is 1.24 bits per heavy atom. The van der Waals surface area contributed by atoms with Crippen LogP contribution >= 0.6 is 0 Å². The highest BCUT2D eigenvalue weighted by atomic mass is 16.5. The smallest absolute Gasteiger partial charge is 0.119 e.